The number of fused-ring (bicyclic) bond motifs is 1. The van der Waals surface area contributed by atoms with Gasteiger partial charge in [0.05, 0.1) is 0 Å². The molecule has 2 aromatic heterocycles. The Hall–Kier alpha value is -1.59. The van der Waals surface area contributed by atoms with Crippen molar-refractivity contribution in [2.75, 3.05) is 12.4 Å². The molecule has 0 saturated heterocycles. The second-order valence-electron chi connectivity index (χ2n) is 4.96. The Balaban J connectivity index is 1.92. The van der Waals surface area contributed by atoms with Crippen molar-refractivity contribution in [1.29, 1.82) is 0 Å². The lowest BCUT2D eigenvalue weighted by atomic mass is 10.2. The lowest BCUT2D eigenvalue weighted by Crippen LogP contribution is -1.97. The number of thioether (sulfide) groups is 1. The molecule has 0 aliphatic carbocycles. The van der Waals surface area contributed by atoms with Crippen LogP contribution >= 0.6 is 23.1 Å². The summed E-state index contributed by atoms with van der Waals surface area (Å²) in [5.74, 6) is 1.61. The Morgan fingerprint density at radius 2 is 2.05 bits per heavy atom. The maximum Gasteiger partial charge on any atom is 0.224 e. The molecule has 0 saturated carbocycles. The number of rotatable bonds is 4. The van der Waals surface area contributed by atoms with Gasteiger partial charge >= 0.3 is 0 Å². The highest BCUT2D eigenvalue weighted by Crippen LogP contribution is 2.33. The zero-order chi connectivity index (χ0) is 14.8. The quantitative estimate of drug-likeness (QED) is 0.562. The number of nitrogens with one attached hydrogen (secondary N) is 1. The Kier molecular flexibility index (Phi) is 4.12. The minimum Gasteiger partial charge on any atom is -0.357 e. The third-order valence-electron chi connectivity index (χ3n) is 3.16. The van der Waals surface area contributed by atoms with Gasteiger partial charge in [0, 0.05) is 23.1 Å². The largest absolute Gasteiger partial charge is 0.357 e. The topological polar surface area (TPSA) is 37.8 Å². The first kappa shape index (κ1) is 14.4. The Labute approximate surface area is 132 Å². The van der Waals surface area contributed by atoms with Crippen molar-refractivity contribution in [1.82, 2.24) is 9.97 Å². The van der Waals surface area contributed by atoms with E-state index in [0.29, 0.717) is 5.95 Å². The van der Waals surface area contributed by atoms with Gasteiger partial charge in [0.15, 0.2) is 0 Å². The maximum absolute atomic E-state index is 4.62. The number of thiophene rings is 1. The Morgan fingerprint density at radius 1 is 1.19 bits per heavy atom. The van der Waals surface area contributed by atoms with Gasteiger partial charge in [-0.1, -0.05) is 29.8 Å². The lowest BCUT2D eigenvalue weighted by Gasteiger charge is -2.06. The highest BCUT2D eigenvalue weighted by Gasteiger charge is 2.10. The summed E-state index contributed by atoms with van der Waals surface area (Å²) >= 11 is 3.49. The molecule has 0 fully saturated rings. The number of anilines is 1. The molecule has 0 atom stereocenters. The first-order chi connectivity index (χ1) is 10.2. The molecule has 3 rings (SSSR count). The van der Waals surface area contributed by atoms with Crippen LogP contribution in [0.2, 0.25) is 0 Å². The summed E-state index contributed by atoms with van der Waals surface area (Å²) < 4.78 is 0. The summed E-state index contributed by atoms with van der Waals surface area (Å²) in [7, 11) is 1.86. The number of hydrogen-bond donors (Lipinski definition) is 1. The zero-order valence-electron chi connectivity index (χ0n) is 12.3. The SMILES string of the molecule is CNc1nc(SCc2cccc(C)c2)c2cc(C)sc2n1. The van der Waals surface area contributed by atoms with E-state index in [1.165, 1.54) is 16.0 Å². The molecule has 2 heterocycles. The molecule has 0 unspecified atom stereocenters. The molecule has 0 spiro atoms. The van der Waals surface area contributed by atoms with E-state index in [-0.39, 0.29) is 0 Å². The molecule has 21 heavy (non-hydrogen) atoms. The molecule has 3 aromatic rings. The monoisotopic (exact) mass is 315 g/mol. The lowest BCUT2D eigenvalue weighted by molar-refractivity contribution is 1.10. The molecule has 3 nitrogen and oxygen atoms in total. The van der Waals surface area contributed by atoms with E-state index in [1.54, 1.807) is 23.1 Å². The second kappa shape index (κ2) is 6.03. The van der Waals surface area contributed by atoms with Crippen LogP contribution in [-0.4, -0.2) is 17.0 Å². The van der Waals surface area contributed by atoms with Crippen molar-refractivity contribution in [3.8, 4) is 0 Å². The maximum atomic E-state index is 4.62. The predicted molar refractivity (Wildman–Crippen MR) is 92.4 cm³/mol. The van der Waals surface area contributed by atoms with Gasteiger partial charge in [-0.15, -0.1) is 23.1 Å². The molecule has 108 valence electrons. The van der Waals surface area contributed by atoms with Crippen LogP contribution in [0, 0.1) is 13.8 Å². The van der Waals surface area contributed by atoms with Gasteiger partial charge in [-0.2, -0.15) is 0 Å². The zero-order valence-corrected chi connectivity index (χ0v) is 13.9. The van der Waals surface area contributed by atoms with E-state index in [0.717, 1.165) is 21.0 Å². The third-order valence-corrected chi connectivity index (χ3v) is 5.17. The van der Waals surface area contributed by atoms with Crippen LogP contribution in [0.25, 0.3) is 10.2 Å². The van der Waals surface area contributed by atoms with Crippen LogP contribution in [0.15, 0.2) is 35.4 Å². The van der Waals surface area contributed by atoms with Crippen molar-refractivity contribution in [2.24, 2.45) is 0 Å². The normalized spacial score (nSPS) is 11.0. The van der Waals surface area contributed by atoms with Crippen molar-refractivity contribution >= 4 is 39.3 Å². The van der Waals surface area contributed by atoms with E-state index in [2.05, 4.69) is 59.5 Å². The van der Waals surface area contributed by atoms with E-state index in [9.17, 15) is 0 Å². The first-order valence-corrected chi connectivity index (χ1v) is 8.60. The van der Waals surface area contributed by atoms with Gasteiger partial charge < -0.3 is 5.32 Å². The highest BCUT2D eigenvalue weighted by atomic mass is 32.2. The molecule has 0 aliphatic rings. The fourth-order valence-electron chi connectivity index (χ4n) is 2.19. The molecule has 0 aliphatic heterocycles. The van der Waals surface area contributed by atoms with Gasteiger partial charge in [0.1, 0.15) is 9.86 Å². The fraction of sp³-hybridized carbons (Fsp3) is 0.250. The number of aromatic nitrogens is 2. The fourth-order valence-corrected chi connectivity index (χ4v) is 4.08. The Bertz CT molecular complexity index is 780. The van der Waals surface area contributed by atoms with Crippen molar-refractivity contribution in [3.63, 3.8) is 0 Å². The number of nitrogens with zero attached hydrogens (tertiary/aromatic N) is 2. The van der Waals surface area contributed by atoms with Crippen LogP contribution in [0.5, 0.6) is 0 Å². The highest BCUT2D eigenvalue weighted by molar-refractivity contribution is 7.98. The summed E-state index contributed by atoms with van der Waals surface area (Å²) in [6.45, 7) is 4.23. The standard InChI is InChI=1S/C16H17N3S2/c1-10-5-4-6-12(7-10)9-20-14-13-8-11(2)21-15(13)19-16(17-3)18-14/h4-8H,9H2,1-3H3,(H,17,18,19). The molecular formula is C16H17N3S2. The molecule has 0 amide bonds. The number of aryl methyl sites for hydroxylation is 2. The first-order valence-electron chi connectivity index (χ1n) is 6.80. The average molecular weight is 315 g/mol. The van der Waals surface area contributed by atoms with E-state index in [4.69, 9.17) is 0 Å². The number of benzene rings is 1. The molecule has 0 radical (unpaired) electrons. The smallest absolute Gasteiger partial charge is 0.224 e. The van der Waals surface area contributed by atoms with Gasteiger partial charge in [-0.3, -0.25) is 0 Å². The van der Waals surface area contributed by atoms with Gasteiger partial charge in [0.2, 0.25) is 5.95 Å². The van der Waals surface area contributed by atoms with E-state index >= 15 is 0 Å². The van der Waals surface area contributed by atoms with Gasteiger partial charge in [0.25, 0.3) is 0 Å². The molecule has 0 bridgehead atoms. The Morgan fingerprint density at radius 3 is 2.81 bits per heavy atom. The summed E-state index contributed by atoms with van der Waals surface area (Å²) in [5.41, 5.74) is 2.62. The van der Waals surface area contributed by atoms with Crippen LogP contribution in [0.3, 0.4) is 0 Å². The van der Waals surface area contributed by atoms with Crippen molar-refractivity contribution in [2.45, 2.75) is 24.6 Å². The van der Waals surface area contributed by atoms with Crippen LogP contribution < -0.4 is 5.32 Å². The minimum absolute atomic E-state index is 0.691. The summed E-state index contributed by atoms with van der Waals surface area (Å²) in [4.78, 5) is 11.5. The molecule has 1 aromatic carbocycles. The second-order valence-corrected chi connectivity index (χ2v) is 7.15. The van der Waals surface area contributed by atoms with E-state index in [1.807, 2.05) is 7.05 Å². The minimum atomic E-state index is 0.691. The molecule has 5 heteroatoms. The predicted octanol–water partition coefficient (Wildman–Crippen LogP) is 4.64. The molecular weight excluding hydrogens is 298 g/mol. The summed E-state index contributed by atoms with van der Waals surface area (Å²) in [5, 5.41) is 5.26. The van der Waals surface area contributed by atoms with Crippen LogP contribution in [0.1, 0.15) is 16.0 Å². The van der Waals surface area contributed by atoms with Gasteiger partial charge in [-0.05, 0) is 25.5 Å². The van der Waals surface area contributed by atoms with Crippen molar-refractivity contribution in [3.05, 3.63) is 46.3 Å². The van der Waals surface area contributed by atoms with Gasteiger partial charge in [-0.25, -0.2) is 9.97 Å². The van der Waals surface area contributed by atoms with Crippen LogP contribution in [0.4, 0.5) is 5.95 Å². The average Bonchev–Trinajstić information content (AvgIpc) is 2.85. The third kappa shape index (κ3) is 3.19. The summed E-state index contributed by atoms with van der Waals surface area (Å²) in [6, 6.07) is 10.8. The van der Waals surface area contributed by atoms with E-state index < -0.39 is 0 Å². The molecule has 1 N–H and O–H groups in total. The number of hydrogen-bond acceptors (Lipinski definition) is 5. The van der Waals surface area contributed by atoms with Crippen molar-refractivity contribution < 1.29 is 0 Å². The summed E-state index contributed by atoms with van der Waals surface area (Å²) in [6.07, 6.45) is 0. The van der Waals surface area contributed by atoms with Crippen LogP contribution in [-0.2, 0) is 5.75 Å².